The minimum Gasteiger partial charge on any atom is -0.480 e. The topological polar surface area (TPSA) is 145 Å². The monoisotopic (exact) mass is 612 g/mol. The fourth-order valence-electron chi connectivity index (χ4n) is 4.60. The summed E-state index contributed by atoms with van der Waals surface area (Å²) in [6, 6.07) is 13.8. The summed E-state index contributed by atoms with van der Waals surface area (Å²) in [5.74, 6) is -2.00. The maximum Gasteiger partial charge on any atom is 0.328 e. The van der Waals surface area contributed by atoms with Crippen molar-refractivity contribution in [2.45, 2.75) is 24.9 Å². The first-order valence-corrected chi connectivity index (χ1v) is 13.7. The Kier molecular flexibility index (Phi) is 8.44. The van der Waals surface area contributed by atoms with E-state index in [1.165, 1.54) is 12.1 Å². The van der Waals surface area contributed by atoms with Crippen molar-refractivity contribution < 1.29 is 19.5 Å². The molecule has 13 heteroatoms. The van der Waals surface area contributed by atoms with Gasteiger partial charge < -0.3 is 26.4 Å². The first-order valence-electron chi connectivity index (χ1n) is 12.5. The van der Waals surface area contributed by atoms with Crippen LogP contribution >= 0.6 is 34.8 Å². The molecular weight excluding hydrogens is 591 g/mol. The lowest BCUT2D eigenvalue weighted by molar-refractivity contribution is -0.139. The molecule has 0 fully saturated rings. The number of rotatable bonds is 8. The van der Waals surface area contributed by atoms with Gasteiger partial charge in [0.1, 0.15) is 6.04 Å². The third-order valence-corrected chi connectivity index (χ3v) is 7.68. The second-order valence-corrected chi connectivity index (χ2v) is 10.5. The van der Waals surface area contributed by atoms with Crippen LogP contribution in [0, 0.1) is 0 Å². The highest BCUT2D eigenvalue weighted by Gasteiger charge is 2.27. The maximum atomic E-state index is 13.1. The molecule has 1 aromatic heterocycles. The summed E-state index contributed by atoms with van der Waals surface area (Å²) < 4.78 is 0. The van der Waals surface area contributed by atoms with Crippen LogP contribution in [0.5, 0.6) is 0 Å². The van der Waals surface area contributed by atoms with Gasteiger partial charge in [0.2, 0.25) is 5.95 Å². The molecule has 1 aliphatic rings. The Morgan fingerprint density at radius 3 is 2.61 bits per heavy atom. The average molecular weight is 614 g/mol. The number of fused-ring (bicyclic) bond motifs is 2. The number of urea groups is 1. The van der Waals surface area contributed by atoms with E-state index in [1.54, 1.807) is 24.4 Å². The summed E-state index contributed by atoms with van der Waals surface area (Å²) in [5.41, 5.74) is 2.90. The number of hydrogen-bond acceptors (Lipinski definition) is 6. The zero-order valence-electron chi connectivity index (χ0n) is 21.2. The predicted molar refractivity (Wildman–Crippen MR) is 157 cm³/mol. The zero-order valence-corrected chi connectivity index (χ0v) is 23.5. The summed E-state index contributed by atoms with van der Waals surface area (Å²) in [4.78, 5) is 46.2. The molecule has 0 aliphatic heterocycles. The van der Waals surface area contributed by atoms with E-state index in [0.717, 1.165) is 24.0 Å². The van der Waals surface area contributed by atoms with Gasteiger partial charge in [0, 0.05) is 11.6 Å². The van der Waals surface area contributed by atoms with Gasteiger partial charge in [-0.25, -0.2) is 19.6 Å². The molecule has 10 nitrogen and oxygen atoms in total. The van der Waals surface area contributed by atoms with Gasteiger partial charge in [-0.05, 0) is 48.2 Å². The number of hydrogen-bond donors (Lipinski definition) is 5. The SMILES string of the molecule is O=C(NCC(NC(=O)c1c(Cl)ccc(Nc2ncc3c(Cl)cccc3n2)c1Cl)C(=O)O)NC1CCc2ccccc21. The number of carboxylic acid groups (broad SMARTS) is 1. The molecule has 0 radical (unpaired) electrons. The number of amides is 3. The molecule has 1 aliphatic carbocycles. The number of nitrogens with one attached hydrogen (secondary N) is 4. The number of aryl methyl sites for hydroxylation is 1. The predicted octanol–water partition coefficient (Wildman–Crippen LogP) is 5.50. The van der Waals surface area contributed by atoms with Crippen molar-refractivity contribution in [2.24, 2.45) is 0 Å². The van der Waals surface area contributed by atoms with Crippen molar-refractivity contribution >= 4 is 75.2 Å². The molecule has 3 amide bonds. The lowest BCUT2D eigenvalue weighted by Crippen LogP contribution is -2.50. The number of carbonyl (C=O) groups excluding carboxylic acids is 2. The third kappa shape index (κ3) is 6.30. The second kappa shape index (κ2) is 12.2. The number of aliphatic carboxylic acids is 1. The van der Waals surface area contributed by atoms with Crippen molar-refractivity contribution in [1.29, 1.82) is 0 Å². The molecule has 0 bridgehead atoms. The normalized spacial score (nSPS) is 14.7. The summed E-state index contributed by atoms with van der Waals surface area (Å²) in [6.07, 6.45) is 3.13. The van der Waals surface area contributed by atoms with Gasteiger partial charge in [0.25, 0.3) is 5.91 Å². The highest BCUT2D eigenvalue weighted by Crippen LogP contribution is 2.34. The largest absolute Gasteiger partial charge is 0.480 e. The molecule has 3 aromatic carbocycles. The van der Waals surface area contributed by atoms with Gasteiger partial charge in [-0.3, -0.25) is 4.79 Å². The number of anilines is 2. The smallest absolute Gasteiger partial charge is 0.328 e. The Hall–Kier alpha value is -4.12. The minimum absolute atomic E-state index is 0.000925. The Morgan fingerprint density at radius 1 is 1.00 bits per heavy atom. The molecule has 5 N–H and O–H groups in total. The van der Waals surface area contributed by atoms with E-state index >= 15 is 0 Å². The van der Waals surface area contributed by atoms with Crippen LogP contribution in [0.2, 0.25) is 15.1 Å². The summed E-state index contributed by atoms with van der Waals surface area (Å²) in [6.45, 7) is -0.373. The van der Waals surface area contributed by atoms with E-state index in [-0.39, 0.29) is 39.8 Å². The first kappa shape index (κ1) is 28.4. The molecule has 4 aromatic rings. The molecule has 5 rings (SSSR count). The van der Waals surface area contributed by atoms with Crippen LogP contribution in [0.15, 0.2) is 60.8 Å². The second-order valence-electron chi connectivity index (χ2n) is 9.28. The van der Waals surface area contributed by atoms with Crippen LogP contribution in [0.1, 0.15) is 33.9 Å². The quantitative estimate of drug-likeness (QED) is 0.176. The van der Waals surface area contributed by atoms with Crippen molar-refractivity contribution in [3.63, 3.8) is 0 Å². The standard InChI is InChI=1S/C28H23Cl3N6O4/c29-17-6-3-7-19-16(17)12-32-27(35-19)36-21-11-9-18(30)23(24(21)31)25(38)34-22(26(39)40)13-33-28(41)37-20-10-8-14-4-1-2-5-15(14)20/h1-7,9,11-12,20,22H,8,10,13H2,(H,34,38)(H,39,40)(H,32,35,36)(H2,33,37,41). The van der Waals surface area contributed by atoms with Crippen molar-refractivity contribution in [3.05, 3.63) is 92.6 Å². The van der Waals surface area contributed by atoms with Gasteiger partial charge in [-0.1, -0.05) is 65.1 Å². The van der Waals surface area contributed by atoms with Crippen molar-refractivity contribution in [2.75, 3.05) is 11.9 Å². The highest BCUT2D eigenvalue weighted by molar-refractivity contribution is 6.41. The summed E-state index contributed by atoms with van der Waals surface area (Å²) in [5, 5.41) is 21.5. The van der Waals surface area contributed by atoms with E-state index < -0.39 is 23.9 Å². The number of aromatic nitrogens is 2. The Bertz CT molecular complexity index is 1670. The van der Waals surface area contributed by atoms with Crippen molar-refractivity contribution in [1.82, 2.24) is 25.9 Å². The first-order chi connectivity index (χ1) is 19.7. The zero-order chi connectivity index (χ0) is 29.1. The third-order valence-electron chi connectivity index (χ3n) is 6.65. The van der Waals surface area contributed by atoms with E-state index in [9.17, 15) is 19.5 Å². The maximum absolute atomic E-state index is 13.1. The van der Waals surface area contributed by atoms with E-state index in [1.807, 2.05) is 24.3 Å². The highest BCUT2D eigenvalue weighted by atomic mass is 35.5. The molecule has 2 atom stereocenters. The van der Waals surface area contributed by atoms with Crippen molar-refractivity contribution in [3.8, 4) is 0 Å². The van der Waals surface area contributed by atoms with Crippen LogP contribution in [0.4, 0.5) is 16.4 Å². The number of carbonyl (C=O) groups is 3. The fraction of sp³-hybridized carbons (Fsp3) is 0.179. The minimum atomic E-state index is -1.46. The Morgan fingerprint density at radius 2 is 1.80 bits per heavy atom. The van der Waals surface area contributed by atoms with Gasteiger partial charge in [-0.15, -0.1) is 0 Å². The van der Waals surface area contributed by atoms with Gasteiger partial charge in [0.15, 0.2) is 0 Å². The average Bonchev–Trinajstić information content (AvgIpc) is 3.35. The molecule has 0 spiro atoms. The van der Waals surface area contributed by atoms with Gasteiger partial charge in [0.05, 0.1) is 44.4 Å². The summed E-state index contributed by atoms with van der Waals surface area (Å²) >= 11 is 19.0. The van der Waals surface area contributed by atoms with Gasteiger partial charge in [-0.2, -0.15) is 0 Å². The van der Waals surface area contributed by atoms with Crippen LogP contribution < -0.4 is 21.3 Å². The molecule has 2 unspecified atom stereocenters. The molecule has 1 heterocycles. The van der Waals surface area contributed by atoms with Crippen LogP contribution in [0.3, 0.4) is 0 Å². The fourth-order valence-corrected chi connectivity index (χ4v) is 5.41. The molecule has 0 saturated carbocycles. The number of benzene rings is 3. The van der Waals surface area contributed by atoms with E-state index in [0.29, 0.717) is 15.9 Å². The van der Waals surface area contributed by atoms with E-state index in [4.69, 9.17) is 34.8 Å². The van der Waals surface area contributed by atoms with Gasteiger partial charge >= 0.3 is 12.0 Å². The molecule has 0 saturated heterocycles. The lowest BCUT2D eigenvalue weighted by Gasteiger charge is -2.19. The van der Waals surface area contributed by atoms with Crippen LogP contribution in [0.25, 0.3) is 10.9 Å². The Labute approximate surface area is 249 Å². The molecule has 210 valence electrons. The summed E-state index contributed by atoms with van der Waals surface area (Å²) in [7, 11) is 0. The number of halogens is 3. The molecular formula is C28H23Cl3N6O4. The van der Waals surface area contributed by atoms with Crippen LogP contribution in [-0.2, 0) is 11.2 Å². The molecule has 41 heavy (non-hydrogen) atoms. The lowest BCUT2D eigenvalue weighted by atomic mass is 10.1. The number of carboxylic acids is 1. The Balaban J connectivity index is 1.25. The number of nitrogens with zero attached hydrogens (tertiary/aromatic N) is 2. The van der Waals surface area contributed by atoms with Crippen LogP contribution in [-0.4, -0.2) is 45.6 Å². The van der Waals surface area contributed by atoms with E-state index in [2.05, 4.69) is 31.2 Å².